The van der Waals surface area contributed by atoms with E-state index >= 15 is 0 Å². The number of hydrogen-bond donors (Lipinski definition) is 0. The van der Waals surface area contributed by atoms with Gasteiger partial charge in [0.25, 0.3) is 0 Å². The Bertz CT molecular complexity index is 277. The van der Waals surface area contributed by atoms with E-state index < -0.39 is 10.6 Å². The molecule has 0 aromatic carbocycles. The second-order valence-corrected chi connectivity index (χ2v) is 2.76. The van der Waals surface area contributed by atoms with Gasteiger partial charge in [-0.1, -0.05) is 0 Å². The maximum atomic E-state index is 10.5. The Hall–Kier alpha value is -0.900. The van der Waals surface area contributed by atoms with Crippen LogP contribution in [0.15, 0.2) is 28.9 Å². The number of nitrogens with zero attached hydrogens (tertiary/aromatic N) is 2. The molecule has 0 unspecified atom stereocenters. The molecule has 0 atom stereocenters. The molecule has 0 spiro atoms. The van der Waals surface area contributed by atoms with Crippen molar-refractivity contribution < 1.29 is 4.21 Å². The molecule has 1 aromatic rings. The summed E-state index contributed by atoms with van der Waals surface area (Å²) >= 11 is 0. The smallest absolute Gasteiger partial charge is 0.0552 e. The quantitative estimate of drug-likeness (QED) is 0.576. The number of pyridine rings is 1. The van der Waals surface area contributed by atoms with Gasteiger partial charge in [-0.3, -0.25) is 4.98 Å². The normalized spacial score (nSPS) is 13.3. The average Bonchev–Trinajstić information content (AvgIpc) is 1.88. The Morgan fingerprint density at radius 2 is 2.50 bits per heavy atom. The highest BCUT2D eigenvalue weighted by atomic mass is 32.2. The molecule has 54 valence electrons. The maximum absolute atomic E-state index is 10.5. The summed E-state index contributed by atoms with van der Waals surface area (Å²) in [4.78, 5) is 3.81. The fourth-order valence-electron chi connectivity index (χ4n) is 0.556. The van der Waals surface area contributed by atoms with Crippen molar-refractivity contribution in [2.75, 3.05) is 6.26 Å². The van der Waals surface area contributed by atoms with Crippen LogP contribution in [-0.2, 0) is 14.8 Å². The van der Waals surface area contributed by atoms with E-state index in [0.29, 0.717) is 5.69 Å². The number of aromatic nitrogens is 1. The van der Waals surface area contributed by atoms with E-state index in [9.17, 15) is 4.21 Å². The minimum atomic E-state index is -1.13. The molecular weight excluding hydrogens is 148 g/mol. The van der Waals surface area contributed by atoms with Crippen LogP contribution in [0.4, 0.5) is 5.69 Å². The summed E-state index contributed by atoms with van der Waals surface area (Å²) in [5, 5.41) is 0. The number of rotatable bonds is 1. The molecule has 1 rings (SSSR count). The van der Waals surface area contributed by atoms with Crippen LogP contribution in [0.5, 0.6) is 0 Å². The summed E-state index contributed by atoms with van der Waals surface area (Å²) in [6.45, 7) is 0. The monoisotopic (exact) mass is 155 g/mol. The zero-order valence-corrected chi connectivity index (χ0v) is 6.34. The van der Waals surface area contributed by atoms with Gasteiger partial charge in [-0.15, -0.1) is 6.26 Å². The Morgan fingerprint density at radius 1 is 1.70 bits per heavy atom. The Labute approximate surface area is 61.3 Å². The van der Waals surface area contributed by atoms with E-state index in [0.717, 1.165) is 0 Å². The van der Waals surface area contributed by atoms with E-state index in [4.69, 9.17) is 0 Å². The van der Waals surface area contributed by atoms with Gasteiger partial charge in [0.05, 0.1) is 11.9 Å². The molecule has 1 aromatic heterocycles. The zero-order chi connectivity index (χ0) is 7.40. The van der Waals surface area contributed by atoms with Gasteiger partial charge in [0.2, 0.25) is 0 Å². The van der Waals surface area contributed by atoms with E-state index in [1.54, 1.807) is 24.5 Å². The van der Waals surface area contributed by atoms with Crippen molar-refractivity contribution in [2.24, 2.45) is 4.36 Å². The van der Waals surface area contributed by atoms with E-state index in [2.05, 4.69) is 9.35 Å². The third kappa shape index (κ3) is 2.14. The molecule has 0 bridgehead atoms. The molecule has 0 saturated heterocycles. The van der Waals surface area contributed by atoms with Crippen molar-refractivity contribution in [3.05, 3.63) is 24.5 Å². The van der Waals surface area contributed by atoms with Crippen LogP contribution in [0.25, 0.3) is 0 Å². The molecule has 0 saturated carbocycles. The van der Waals surface area contributed by atoms with Gasteiger partial charge in [-0.2, -0.15) is 10.6 Å². The summed E-state index contributed by atoms with van der Waals surface area (Å²) in [7, 11) is -1.13. The van der Waals surface area contributed by atoms with Crippen molar-refractivity contribution in [1.29, 1.82) is 0 Å². The van der Waals surface area contributed by atoms with Gasteiger partial charge in [-0.25, -0.2) is 0 Å². The molecule has 0 amide bonds. The Kier molecular flexibility index (Phi) is 2.39. The van der Waals surface area contributed by atoms with Crippen LogP contribution >= 0.6 is 0 Å². The van der Waals surface area contributed by atoms with E-state index in [1.165, 1.54) is 6.26 Å². The van der Waals surface area contributed by atoms with Crippen LogP contribution < -0.4 is 0 Å². The largest absolute Gasteiger partial charge is 0.444 e. The van der Waals surface area contributed by atoms with Crippen molar-refractivity contribution in [1.82, 2.24) is 4.98 Å². The minimum absolute atomic E-state index is 0.656. The first-order valence-corrected chi connectivity index (χ1v) is 4.26. The SMILES string of the molecule is C[S-](=O)=Nc1cccnc1. The predicted octanol–water partition coefficient (Wildman–Crippen LogP) is 1.49. The Balaban J connectivity index is 2.98. The molecule has 0 aliphatic carbocycles. The molecular formula is C6H7N2OS-. The van der Waals surface area contributed by atoms with Gasteiger partial charge < -0.3 is 8.57 Å². The summed E-state index contributed by atoms with van der Waals surface area (Å²) in [5.41, 5.74) is 0.656. The van der Waals surface area contributed by atoms with Crippen LogP contribution in [0.2, 0.25) is 0 Å². The van der Waals surface area contributed by atoms with Gasteiger partial charge in [0.1, 0.15) is 0 Å². The summed E-state index contributed by atoms with van der Waals surface area (Å²) in [6, 6.07) is 3.51. The molecule has 0 N–H and O–H groups in total. The molecule has 0 aliphatic heterocycles. The fourth-order valence-corrected chi connectivity index (χ4v) is 0.961. The van der Waals surface area contributed by atoms with Crippen LogP contribution in [0.3, 0.4) is 0 Å². The van der Waals surface area contributed by atoms with Gasteiger partial charge in [0, 0.05) is 6.20 Å². The lowest BCUT2D eigenvalue weighted by atomic mass is 10.4. The lowest BCUT2D eigenvalue weighted by Crippen LogP contribution is -1.69. The molecule has 0 aliphatic rings. The van der Waals surface area contributed by atoms with Gasteiger partial charge in [-0.05, 0) is 12.1 Å². The average molecular weight is 155 g/mol. The minimum Gasteiger partial charge on any atom is -0.444 e. The topological polar surface area (TPSA) is 42.3 Å². The predicted molar refractivity (Wildman–Crippen MR) is 40.3 cm³/mol. The highest BCUT2D eigenvalue weighted by Crippen LogP contribution is 2.06. The van der Waals surface area contributed by atoms with Crippen molar-refractivity contribution in [3.63, 3.8) is 0 Å². The molecule has 3 nitrogen and oxygen atoms in total. The first-order valence-electron chi connectivity index (χ1n) is 2.74. The third-order valence-electron chi connectivity index (χ3n) is 0.880. The van der Waals surface area contributed by atoms with E-state index in [1.807, 2.05) is 0 Å². The van der Waals surface area contributed by atoms with Gasteiger partial charge in [0.15, 0.2) is 0 Å². The molecule has 10 heavy (non-hydrogen) atoms. The van der Waals surface area contributed by atoms with Crippen molar-refractivity contribution >= 4 is 16.3 Å². The zero-order valence-electron chi connectivity index (χ0n) is 5.52. The first-order chi connectivity index (χ1) is 4.79. The molecule has 4 heteroatoms. The summed E-state index contributed by atoms with van der Waals surface area (Å²) < 4.78 is 14.3. The standard InChI is InChI=1S/C6H7N2OS/c1-10(9)8-6-3-2-4-7-5-6/h2-5H,1H3/q-1. The van der Waals surface area contributed by atoms with Crippen LogP contribution in [0.1, 0.15) is 0 Å². The number of hydrogen-bond acceptors (Lipinski definition) is 4. The lowest BCUT2D eigenvalue weighted by Gasteiger charge is -1.94. The van der Waals surface area contributed by atoms with Crippen LogP contribution in [0, 0.1) is 0 Å². The highest BCUT2D eigenvalue weighted by Gasteiger charge is 1.77. The highest BCUT2D eigenvalue weighted by molar-refractivity contribution is 7.74. The Morgan fingerprint density at radius 3 is 3.00 bits per heavy atom. The second-order valence-electron chi connectivity index (χ2n) is 1.73. The molecule has 0 fully saturated rings. The first kappa shape index (κ1) is 7.21. The molecule has 1 heterocycles. The maximum Gasteiger partial charge on any atom is 0.0552 e. The van der Waals surface area contributed by atoms with Crippen LogP contribution in [-0.4, -0.2) is 11.2 Å². The summed E-state index contributed by atoms with van der Waals surface area (Å²) in [5.74, 6) is 0. The van der Waals surface area contributed by atoms with Crippen molar-refractivity contribution in [3.8, 4) is 0 Å². The molecule has 0 radical (unpaired) electrons. The third-order valence-corrected chi connectivity index (χ3v) is 1.35. The lowest BCUT2D eigenvalue weighted by molar-refractivity contribution is 0.603. The van der Waals surface area contributed by atoms with Crippen molar-refractivity contribution in [2.45, 2.75) is 0 Å². The fraction of sp³-hybridized carbons (Fsp3) is 0.167. The van der Waals surface area contributed by atoms with Gasteiger partial charge >= 0.3 is 0 Å². The van der Waals surface area contributed by atoms with E-state index in [-0.39, 0.29) is 0 Å². The summed E-state index contributed by atoms with van der Waals surface area (Å²) in [6.07, 6.45) is 4.74. The second kappa shape index (κ2) is 3.31.